The molecule has 110 valence electrons. The van der Waals surface area contributed by atoms with Gasteiger partial charge in [0, 0.05) is 12.6 Å². The number of likely N-dealkylation sites (tertiary alicyclic amines) is 1. The Balaban J connectivity index is 2.63. The largest absolute Gasteiger partial charge is 0.444 e. The molecule has 1 fully saturated rings. The first kappa shape index (κ1) is 15.8. The third-order valence-corrected chi connectivity index (χ3v) is 3.18. The molecule has 0 radical (unpaired) electrons. The number of nitrogens with one attached hydrogen (secondary N) is 1. The molecule has 0 aliphatic carbocycles. The quantitative estimate of drug-likeness (QED) is 0.856. The van der Waals surface area contributed by atoms with E-state index >= 15 is 0 Å². The Morgan fingerprint density at radius 2 is 2.05 bits per heavy atom. The fourth-order valence-electron chi connectivity index (χ4n) is 2.02. The van der Waals surface area contributed by atoms with Crippen molar-refractivity contribution in [2.24, 2.45) is 0 Å². The lowest BCUT2D eigenvalue weighted by Crippen LogP contribution is -2.49. The molecule has 0 aromatic heterocycles. The van der Waals surface area contributed by atoms with Crippen molar-refractivity contribution in [2.45, 2.75) is 71.6 Å². The Labute approximate surface area is 115 Å². The second kappa shape index (κ2) is 6.26. The summed E-state index contributed by atoms with van der Waals surface area (Å²) in [4.78, 5) is 25.7. The van der Waals surface area contributed by atoms with Gasteiger partial charge in [-0.1, -0.05) is 6.92 Å². The van der Waals surface area contributed by atoms with Gasteiger partial charge in [-0.3, -0.25) is 9.69 Å². The number of carbonyl (C=O) groups is 2. The van der Waals surface area contributed by atoms with Crippen LogP contribution in [-0.2, 0) is 9.53 Å². The van der Waals surface area contributed by atoms with Crippen molar-refractivity contribution >= 4 is 12.0 Å². The highest BCUT2D eigenvalue weighted by Crippen LogP contribution is 2.21. The molecular weight excluding hydrogens is 244 g/mol. The van der Waals surface area contributed by atoms with Crippen molar-refractivity contribution in [3.63, 3.8) is 0 Å². The van der Waals surface area contributed by atoms with E-state index in [2.05, 4.69) is 5.32 Å². The molecule has 5 heteroatoms. The average molecular weight is 270 g/mol. The summed E-state index contributed by atoms with van der Waals surface area (Å²) in [5.41, 5.74) is -0.530. The van der Waals surface area contributed by atoms with Gasteiger partial charge < -0.3 is 10.1 Å². The highest BCUT2D eigenvalue weighted by molar-refractivity contribution is 5.86. The van der Waals surface area contributed by atoms with Crippen LogP contribution in [-0.4, -0.2) is 41.1 Å². The van der Waals surface area contributed by atoms with E-state index < -0.39 is 11.7 Å². The molecule has 1 aliphatic heterocycles. The van der Waals surface area contributed by atoms with Crippen LogP contribution in [0.2, 0.25) is 0 Å². The van der Waals surface area contributed by atoms with Crippen molar-refractivity contribution in [3.05, 3.63) is 0 Å². The van der Waals surface area contributed by atoms with Gasteiger partial charge in [-0.25, -0.2) is 4.79 Å². The van der Waals surface area contributed by atoms with E-state index in [9.17, 15) is 9.59 Å². The molecule has 1 N–H and O–H groups in total. The molecule has 2 amide bonds. The van der Waals surface area contributed by atoms with Crippen LogP contribution in [0.15, 0.2) is 0 Å². The molecule has 2 atom stereocenters. The highest BCUT2D eigenvalue weighted by Gasteiger charge is 2.36. The number of rotatable bonds is 3. The smallest absolute Gasteiger partial charge is 0.410 e. The Morgan fingerprint density at radius 3 is 2.58 bits per heavy atom. The van der Waals surface area contributed by atoms with E-state index in [1.807, 2.05) is 34.6 Å². The van der Waals surface area contributed by atoms with Crippen LogP contribution in [0.3, 0.4) is 0 Å². The van der Waals surface area contributed by atoms with Crippen molar-refractivity contribution < 1.29 is 14.3 Å². The maximum Gasteiger partial charge on any atom is 0.410 e. The first-order chi connectivity index (χ1) is 8.74. The first-order valence-electron chi connectivity index (χ1n) is 7.04. The predicted octanol–water partition coefficient (Wildman–Crippen LogP) is 2.30. The molecule has 5 nitrogen and oxygen atoms in total. The first-order valence-corrected chi connectivity index (χ1v) is 7.04. The minimum absolute atomic E-state index is 0.0716. The number of carbonyl (C=O) groups excluding carboxylic acids is 2. The van der Waals surface area contributed by atoms with E-state index in [1.54, 1.807) is 4.90 Å². The van der Waals surface area contributed by atoms with E-state index in [-0.39, 0.29) is 18.0 Å². The van der Waals surface area contributed by atoms with Crippen LogP contribution >= 0.6 is 0 Å². The summed E-state index contributed by atoms with van der Waals surface area (Å²) in [7, 11) is 0. The van der Waals surface area contributed by atoms with E-state index in [0.29, 0.717) is 13.0 Å². The summed E-state index contributed by atoms with van der Waals surface area (Å²) in [6, 6.07) is -0.252. The maximum absolute atomic E-state index is 12.1. The molecule has 1 rings (SSSR count). The summed E-state index contributed by atoms with van der Waals surface area (Å²) in [5.74, 6) is -0.0716. The van der Waals surface area contributed by atoms with E-state index in [0.717, 1.165) is 12.8 Å². The highest BCUT2D eigenvalue weighted by atomic mass is 16.6. The second-order valence-electron chi connectivity index (χ2n) is 6.15. The molecule has 0 saturated carbocycles. The minimum atomic E-state index is -0.530. The van der Waals surface area contributed by atoms with E-state index in [1.165, 1.54) is 0 Å². The molecule has 0 aromatic rings. The molecule has 1 heterocycles. The topological polar surface area (TPSA) is 58.6 Å². The summed E-state index contributed by atoms with van der Waals surface area (Å²) in [6.45, 7) is 10.1. The zero-order valence-electron chi connectivity index (χ0n) is 12.7. The average Bonchev–Trinajstić information content (AvgIpc) is 2.75. The summed E-state index contributed by atoms with van der Waals surface area (Å²) >= 11 is 0. The van der Waals surface area contributed by atoms with Gasteiger partial charge in [-0.05, 0) is 47.0 Å². The number of ether oxygens (including phenoxy) is 1. The molecule has 19 heavy (non-hydrogen) atoms. The zero-order valence-corrected chi connectivity index (χ0v) is 12.7. The van der Waals surface area contributed by atoms with Gasteiger partial charge in [0.15, 0.2) is 0 Å². The predicted molar refractivity (Wildman–Crippen MR) is 73.9 cm³/mol. The van der Waals surface area contributed by atoms with Gasteiger partial charge in [0.2, 0.25) is 5.91 Å². The van der Waals surface area contributed by atoms with Crippen LogP contribution in [0.1, 0.15) is 53.9 Å². The Hall–Kier alpha value is -1.26. The third-order valence-electron chi connectivity index (χ3n) is 3.18. The lowest BCUT2D eigenvalue weighted by atomic mass is 10.2. The van der Waals surface area contributed by atoms with Gasteiger partial charge in [0.25, 0.3) is 0 Å². The number of amides is 2. The zero-order chi connectivity index (χ0) is 14.6. The summed E-state index contributed by atoms with van der Waals surface area (Å²) < 4.78 is 5.34. The lowest BCUT2D eigenvalue weighted by molar-refractivity contribution is -0.126. The SMILES string of the molecule is CC[C@@H](C)NC(=O)[C@H]1CCCN1C(=O)OC(C)(C)C. The molecule has 0 unspecified atom stereocenters. The summed E-state index contributed by atoms with van der Waals surface area (Å²) in [5, 5.41) is 2.93. The van der Waals surface area contributed by atoms with E-state index in [4.69, 9.17) is 4.74 Å². The van der Waals surface area contributed by atoms with Crippen LogP contribution in [0, 0.1) is 0 Å². The number of nitrogens with zero attached hydrogens (tertiary/aromatic N) is 1. The van der Waals surface area contributed by atoms with Gasteiger partial charge in [0.1, 0.15) is 11.6 Å². The molecule has 0 bridgehead atoms. The molecule has 0 spiro atoms. The number of hydrogen-bond acceptors (Lipinski definition) is 3. The third kappa shape index (κ3) is 4.73. The Bertz CT molecular complexity index is 336. The lowest BCUT2D eigenvalue weighted by Gasteiger charge is -2.28. The van der Waals surface area contributed by atoms with Gasteiger partial charge >= 0.3 is 6.09 Å². The normalized spacial score (nSPS) is 21.1. The minimum Gasteiger partial charge on any atom is -0.444 e. The van der Waals surface area contributed by atoms with Crippen molar-refractivity contribution in [1.82, 2.24) is 10.2 Å². The Morgan fingerprint density at radius 1 is 1.42 bits per heavy atom. The number of hydrogen-bond donors (Lipinski definition) is 1. The fourth-order valence-corrected chi connectivity index (χ4v) is 2.02. The van der Waals surface area contributed by atoms with Gasteiger partial charge in [0.05, 0.1) is 0 Å². The Kier molecular flexibility index (Phi) is 5.20. The standard InChI is InChI=1S/C14H26N2O3/c1-6-10(2)15-12(17)11-8-7-9-16(11)13(18)19-14(3,4)5/h10-11H,6-9H2,1-5H3,(H,15,17)/t10-,11-/m1/s1. The molecule has 0 aromatic carbocycles. The van der Waals surface area contributed by atoms with Gasteiger partial charge in [-0.2, -0.15) is 0 Å². The molecular formula is C14H26N2O3. The summed E-state index contributed by atoms with van der Waals surface area (Å²) in [6.07, 6.45) is 2.04. The van der Waals surface area contributed by atoms with Crippen LogP contribution in [0.25, 0.3) is 0 Å². The van der Waals surface area contributed by atoms with Crippen molar-refractivity contribution in [1.29, 1.82) is 0 Å². The fraction of sp³-hybridized carbons (Fsp3) is 0.857. The second-order valence-corrected chi connectivity index (χ2v) is 6.15. The van der Waals surface area contributed by atoms with Crippen LogP contribution < -0.4 is 5.32 Å². The van der Waals surface area contributed by atoms with Crippen molar-refractivity contribution in [2.75, 3.05) is 6.54 Å². The van der Waals surface area contributed by atoms with Crippen LogP contribution in [0.4, 0.5) is 4.79 Å². The van der Waals surface area contributed by atoms with Gasteiger partial charge in [-0.15, -0.1) is 0 Å². The monoisotopic (exact) mass is 270 g/mol. The molecule has 1 aliphatic rings. The maximum atomic E-state index is 12.1. The van der Waals surface area contributed by atoms with Crippen molar-refractivity contribution in [3.8, 4) is 0 Å². The van der Waals surface area contributed by atoms with Crippen LogP contribution in [0.5, 0.6) is 0 Å². The molecule has 1 saturated heterocycles.